The summed E-state index contributed by atoms with van der Waals surface area (Å²) in [6, 6.07) is 18.0. The lowest BCUT2D eigenvalue weighted by Crippen LogP contribution is -2.05. The summed E-state index contributed by atoms with van der Waals surface area (Å²) in [5.74, 6) is 0. The quantitative estimate of drug-likeness (QED) is 0.737. The predicted octanol–water partition coefficient (Wildman–Crippen LogP) is 3.17. The van der Waals surface area contributed by atoms with Gasteiger partial charge in [0.2, 0.25) is 0 Å². The SMILES string of the molecule is Cc1ccc(-c2cnnn2Cc2ccccc2C#N)cc1. The van der Waals surface area contributed by atoms with Crippen LogP contribution in [0.15, 0.2) is 54.7 Å². The van der Waals surface area contributed by atoms with Crippen LogP contribution in [-0.2, 0) is 6.54 Å². The number of aryl methyl sites for hydroxylation is 1. The van der Waals surface area contributed by atoms with E-state index in [1.807, 2.05) is 28.9 Å². The number of hydrogen-bond acceptors (Lipinski definition) is 3. The highest BCUT2D eigenvalue weighted by Gasteiger charge is 2.09. The third-order valence-electron chi connectivity index (χ3n) is 3.42. The third kappa shape index (κ3) is 2.67. The molecule has 0 fully saturated rings. The van der Waals surface area contributed by atoms with Gasteiger partial charge >= 0.3 is 0 Å². The zero-order chi connectivity index (χ0) is 14.7. The first kappa shape index (κ1) is 13.1. The first-order valence-corrected chi connectivity index (χ1v) is 6.71. The average Bonchev–Trinajstić information content (AvgIpc) is 2.97. The highest BCUT2D eigenvalue weighted by Crippen LogP contribution is 2.20. The van der Waals surface area contributed by atoms with Crippen LogP contribution in [0.4, 0.5) is 0 Å². The Balaban J connectivity index is 1.96. The van der Waals surface area contributed by atoms with E-state index >= 15 is 0 Å². The molecule has 21 heavy (non-hydrogen) atoms. The molecular formula is C17H14N4. The lowest BCUT2D eigenvalue weighted by molar-refractivity contribution is 0.654. The summed E-state index contributed by atoms with van der Waals surface area (Å²) in [6.07, 6.45) is 1.75. The Kier molecular flexibility index (Phi) is 3.48. The van der Waals surface area contributed by atoms with Crippen molar-refractivity contribution in [1.82, 2.24) is 15.0 Å². The number of benzene rings is 2. The minimum atomic E-state index is 0.535. The molecular weight excluding hydrogens is 260 g/mol. The van der Waals surface area contributed by atoms with Crippen LogP contribution in [0.5, 0.6) is 0 Å². The van der Waals surface area contributed by atoms with Gasteiger partial charge in [0.1, 0.15) is 0 Å². The van der Waals surface area contributed by atoms with E-state index in [-0.39, 0.29) is 0 Å². The van der Waals surface area contributed by atoms with Crippen LogP contribution in [-0.4, -0.2) is 15.0 Å². The van der Waals surface area contributed by atoms with Gasteiger partial charge in [0, 0.05) is 5.56 Å². The Labute approximate surface area is 123 Å². The molecule has 4 nitrogen and oxygen atoms in total. The summed E-state index contributed by atoms with van der Waals surface area (Å²) in [5, 5.41) is 17.3. The van der Waals surface area contributed by atoms with Crippen molar-refractivity contribution >= 4 is 0 Å². The zero-order valence-corrected chi connectivity index (χ0v) is 11.7. The van der Waals surface area contributed by atoms with E-state index < -0.39 is 0 Å². The normalized spacial score (nSPS) is 10.3. The van der Waals surface area contributed by atoms with Crippen LogP contribution in [0.3, 0.4) is 0 Å². The Bertz CT molecular complexity index is 794. The van der Waals surface area contributed by atoms with Crippen LogP contribution in [0.2, 0.25) is 0 Å². The van der Waals surface area contributed by atoms with Crippen LogP contribution in [0.25, 0.3) is 11.3 Å². The van der Waals surface area contributed by atoms with Crippen molar-refractivity contribution in [1.29, 1.82) is 5.26 Å². The zero-order valence-electron chi connectivity index (χ0n) is 11.7. The molecule has 0 amide bonds. The van der Waals surface area contributed by atoms with Gasteiger partial charge in [-0.15, -0.1) is 5.10 Å². The molecule has 3 aromatic rings. The minimum Gasteiger partial charge on any atom is -0.240 e. The van der Waals surface area contributed by atoms with Gasteiger partial charge < -0.3 is 0 Å². The highest BCUT2D eigenvalue weighted by atomic mass is 15.4. The van der Waals surface area contributed by atoms with Gasteiger partial charge in [-0.3, -0.25) is 0 Å². The highest BCUT2D eigenvalue weighted by molar-refractivity contribution is 5.58. The van der Waals surface area contributed by atoms with Crippen LogP contribution >= 0.6 is 0 Å². The van der Waals surface area contributed by atoms with Gasteiger partial charge in [0.05, 0.1) is 30.1 Å². The van der Waals surface area contributed by atoms with E-state index in [1.165, 1.54) is 5.56 Å². The minimum absolute atomic E-state index is 0.535. The number of hydrogen-bond donors (Lipinski definition) is 0. The summed E-state index contributed by atoms with van der Waals surface area (Å²) in [7, 11) is 0. The molecule has 0 N–H and O–H groups in total. The van der Waals surface area contributed by atoms with Gasteiger partial charge in [-0.25, -0.2) is 4.68 Å². The van der Waals surface area contributed by atoms with Crippen LogP contribution in [0.1, 0.15) is 16.7 Å². The van der Waals surface area contributed by atoms with Gasteiger partial charge in [-0.1, -0.05) is 53.2 Å². The second kappa shape index (κ2) is 5.59. The summed E-state index contributed by atoms with van der Waals surface area (Å²) in [5.41, 5.74) is 4.84. The Hall–Kier alpha value is -2.93. The molecule has 0 atom stereocenters. The number of nitriles is 1. The molecule has 1 heterocycles. The molecule has 102 valence electrons. The number of rotatable bonds is 3. The maximum atomic E-state index is 9.17. The first-order chi connectivity index (χ1) is 10.3. The standard InChI is InChI=1S/C17H14N4/c1-13-6-8-14(9-7-13)17-11-19-20-21(17)12-16-5-3-2-4-15(16)10-18/h2-9,11H,12H2,1H3. The van der Waals surface area contributed by atoms with Crippen molar-refractivity contribution < 1.29 is 0 Å². The Morgan fingerprint density at radius 3 is 2.62 bits per heavy atom. The average molecular weight is 274 g/mol. The van der Waals surface area contributed by atoms with Crippen molar-refractivity contribution in [2.45, 2.75) is 13.5 Å². The lowest BCUT2D eigenvalue weighted by atomic mass is 10.1. The molecule has 0 saturated heterocycles. The van der Waals surface area contributed by atoms with E-state index in [0.717, 1.165) is 16.8 Å². The maximum Gasteiger partial charge on any atom is 0.0995 e. The van der Waals surface area contributed by atoms with E-state index in [9.17, 15) is 0 Å². The summed E-state index contributed by atoms with van der Waals surface area (Å²) >= 11 is 0. The van der Waals surface area contributed by atoms with Gasteiger partial charge in [-0.05, 0) is 18.6 Å². The lowest BCUT2D eigenvalue weighted by Gasteiger charge is -2.08. The van der Waals surface area contributed by atoms with Crippen molar-refractivity contribution in [2.24, 2.45) is 0 Å². The van der Waals surface area contributed by atoms with Crippen molar-refractivity contribution in [3.8, 4) is 17.3 Å². The fraction of sp³-hybridized carbons (Fsp3) is 0.118. The van der Waals surface area contributed by atoms with E-state index in [0.29, 0.717) is 12.1 Å². The molecule has 0 unspecified atom stereocenters. The Morgan fingerprint density at radius 1 is 1.10 bits per heavy atom. The number of nitrogens with zero attached hydrogens (tertiary/aromatic N) is 4. The fourth-order valence-electron chi connectivity index (χ4n) is 2.25. The molecule has 1 aromatic heterocycles. The van der Waals surface area contributed by atoms with E-state index in [4.69, 9.17) is 5.26 Å². The molecule has 0 aliphatic rings. The predicted molar refractivity (Wildman–Crippen MR) is 80.5 cm³/mol. The largest absolute Gasteiger partial charge is 0.240 e. The van der Waals surface area contributed by atoms with Gasteiger partial charge in [0.15, 0.2) is 0 Å². The molecule has 0 aliphatic carbocycles. The molecule has 3 rings (SSSR count). The fourth-order valence-corrected chi connectivity index (χ4v) is 2.25. The molecule has 0 spiro atoms. The Morgan fingerprint density at radius 2 is 1.86 bits per heavy atom. The third-order valence-corrected chi connectivity index (χ3v) is 3.42. The maximum absolute atomic E-state index is 9.17. The smallest absolute Gasteiger partial charge is 0.0995 e. The molecule has 0 aliphatic heterocycles. The topological polar surface area (TPSA) is 54.5 Å². The van der Waals surface area contributed by atoms with Crippen LogP contribution < -0.4 is 0 Å². The van der Waals surface area contributed by atoms with Crippen LogP contribution in [0, 0.1) is 18.3 Å². The summed E-state index contributed by atoms with van der Waals surface area (Å²) < 4.78 is 1.82. The molecule has 0 saturated carbocycles. The first-order valence-electron chi connectivity index (χ1n) is 6.71. The van der Waals surface area contributed by atoms with Crippen molar-refractivity contribution in [3.05, 3.63) is 71.4 Å². The van der Waals surface area contributed by atoms with Gasteiger partial charge in [-0.2, -0.15) is 5.26 Å². The van der Waals surface area contributed by atoms with E-state index in [1.54, 1.807) is 6.20 Å². The van der Waals surface area contributed by atoms with Gasteiger partial charge in [0.25, 0.3) is 0 Å². The molecule has 4 heteroatoms. The van der Waals surface area contributed by atoms with Crippen molar-refractivity contribution in [2.75, 3.05) is 0 Å². The second-order valence-corrected chi connectivity index (χ2v) is 4.91. The van der Waals surface area contributed by atoms with E-state index in [2.05, 4.69) is 47.6 Å². The second-order valence-electron chi connectivity index (χ2n) is 4.91. The van der Waals surface area contributed by atoms with Crippen molar-refractivity contribution in [3.63, 3.8) is 0 Å². The monoisotopic (exact) mass is 274 g/mol. The molecule has 0 bridgehead atoms. The number of aromatic nitrogens is 3. The summed E-state index contributed by atoms with van der Waals surface area (Å²) in [4.78, 5) is 0. The molecule has 2 aromatic carbocycles. The molecule has 0 radical (unpaired) electrons. The summed E-state index contributed by atoms with van der Waals surface area (Å²) in [6.45, 7) is 2.59.